The molecule has 0 bridgehead atoms. The minimum Gasteiger partial charge on any atom is -0.327 e. The highest BCUT2D eigenvalue weighted by molar-refractivity contribution is 4.92. The molecule has 0 amide bonds. The Labute approximate surface area is 74.7 Å². The second kappa shape index (κ2) is 4.77. The summed E-state index contributed by atoms with van der Waals surface area (Å²) >= 11 is 0. The Bertz CT molecular complexity index is 128. The van der Waals surface area contributed by atoms with Crippen LogP contribution in [0.4, 0.5) is 4.39 Å². The number of hydrogen-bond donors (Lipinski definition) is 2. The summed E-state index contributed by atoms with van der Waals surface area (Å²) in [6.07, 6.45) is 0. The van der Waals surface area contributed by atoms with Crippen molar-refractivity contribution in [3.63, 3.8) is 0 Å². The van der Waals surface area contributed by atoms with E-state index in [2.05, 4.69) is 5.32 Å². The van der Waals surface area contributed by atoms with Crippen LogP contribution in [0.3, 0.4) is 0 Å². The van der Waals surface area contributed by atoms with Gasteiger partial charge < -0.3 is 11.1 Å². The molecule has 3 heteroatoms. The van der Waals surface area contributed by atoms with Crippen LogP contribution in [0.25, 0.3) is 0 Å². The lowest BCUT2D eigenvalue weighted by Gasteiger charge is -2.34. The normalized spacial score (nSPS) is 19.2. The molecule has 12 heavy (non-hydrogen) atoms. The molecule has 0 aliphatic carbocycles. The molecule has 0 rings (SSSR count). The van der Waals surface area contributed by atoms with Crippen molar-refractivity contribution in [1.82, 2.24) is 5.32 Å². The largest absolute Gasteiger partial charge is 0.327 e. The molecule has 2 unspecified atom stereocenters. The molecule has 0 fully saturated rings. The zero-order valence-electron chi connectivity index (χ0n) is 8.52. The third-order valence-electron chi connectivity index (χ3n) is 2.50. The topological polar surface area (TPSA) is 38.0 Å². The van der Waals surface area contributed by atoms with Gasteiger partial charge in [-0.1, -0.05) is 20.8 Å². The number of nitrogens with two attached hydrogens (primary N) is 1. The summed E-state index contributed by atoms with van der Waals surface area (Å²) in [5, 5.41) is 3.06. The number of alkyl halides is 1. The second-order valence-electron chi connectivity index (χ2n) is 3.56. The van der Waals surface area contributed by atoms with Crippen LogP contribution in [0.2, 0.25) is 0 Å². The minimum absolute atomic E-state index is 0.0449. The number of rotatable bonds is 5. The fraction of sp³-hybridized carbons (Fsp3) is 1.00. The molecule has 0 saturated heterocycles. The van der Waals surface area contributed by atoms with E-state index in [0.717, 1.165) is 6.54 Å². The Hall–Kier alpha value is -0.150. The summed E-state index contributed by atoms with van der Waals surface area (Å²) in [5.74, 6) is -0.0449. The first kappa shape index (κ1) is 11.8. The fourth-order valence-corrected chi connectivity index (χ4v) is 1.39. The minimum atomic E-state index is -1.28. The first-order chi connectivity index (χ1) is 5.49. The Morgan fingerprint density at radius 2 is 1.92 bits per heavy atom. The lowest BCUT2D eigenvalue weighted by molar-refractivity contribution is 0.0691. The zero-order valence-corrected chi connectivity index (χ0v) is 8.52. The van der Waals surface area contributed by atoms with E-state index in [1.807, 2.05) is 27.7 Å². The van der Waals surface area contributed by atoms with Crippen molar-refractivity contribution in [3.8, 4) is 0 Å². The molecule has 74 valence electrons. The summed E-state index contributed by atoms with van der Waals surface area (Å²) in [5.41, 5.74) is 4.14. The molecule has 0 aliphatic heterocycles. The molecule has 0 saturated carbocycles. The highest BCUT2D eigenvalue weighted by Gasteiger charge is 2.37. The molecular formula is C9H21FN2. The van der Waals surface area contributed by atoms with Crippen molar-refractivity contribution in [2.75, 3.05) is 13.1 Å². The lowest BCUT2D eigenvalue weighted by atomic mass is 9.86. The van der Waals surface area contributed by atoms with Crippen LogP contribution in [0.5, 0.6) is 0 Å². The summed E-state index contributed by atoms with van der Waals surface area (Å²) in [7, 11) is 0. The van der Waals surface area contributed by atoms with Crippen LogP contribution >= 0.6 is 0 Å². The van der Waals surface area contributed by atoms with Crippen molar-refractivity contribution < 1.29 is 4.39 Å². The van der Waals surface area contributed by atoms with E-state index in [4.69, 9.17) is 5.73 Å². The first-order valence-corrected chi connectivity index (χ1v) is 4.61. The van der Waals surface area contributed by atoms with E-state index in [0.29, 0.717) is 0 Å². The van der Waals surface area contributed by atoms with Gasteiger partial charge in [0.05, 0.1) is 0 Å². The molecule has 0 aliphatic rings. The molecule has 0 heterocycles. The van der Waals surface area contributed by atoms with E-state index in [-0.39, 0.29) is 18.5 Å². The predicted octanol–water partition coefficient (Wildman–Crippen LogP) is 1.31. The summed E-state index contributed by atoms with van der Waals surface area (Å²) in [6, 6.07) is -0.174. The first-order valence-electron chi connectivity index (χ1n) is 4.61. The average Bonchev–Trinajstić information content (AvgIpc) is 2.03. The maximum absolute atomic E-state index is 14.0. The van der Waals surface area contributed by atoms with Gasteiger partial charge in [-0.05, 0) is 19.4 Å². The van der Waals surface area contributed by atoms with Crippen molar-refractivity contribution in [1.29, 1.82) is 0 Å². The maximum Gasteiger partial charge on any atom is 0.140 e. The highest BCUT2D eigenvalue weighted by atomic mass is 19.1. The molecule has 0 radical (unpaired) electrons. The fourth-order valence-electron chi connectivity index (χ4n) is 1.39. The number of nitrogens with one attached hydrogen (secondary N) is 1. The van der Waals surface area contributed by atoms with Gasteiger partial charge in [0.15, 0.2) is 0 Å². The van der Waals surface area contributed by atoms with Gasteiger partial charge in [-0.2, -0.15) is 0 Å². The van der Waals surface area contributed by atoms with Crippen molar-refractivity contribution in [2.45, 2.75) is 39.4 Å². The second-order valence-corrected chi connectivity index (χ2v) is 3.56. The lowest BCUT2D eigenvalue weighted by Crippen LogP contribution is -2.53. The monoisotopic (exact) mass is 176 g/mol. The van der Waals surface area contributed by atoms with Gasteiger partial charge in [-0.3, -0.25) is 0 Å². The maximum atomic E-state index is 14.0. The number of hydrogen-bond acceptors (Lipinski definition) is 2. The van der Waals surface area contributed by atoms with Crippen LogP contribution in [-0.4, -0.2) is 24.8 Å². The van der Waals surface area contributed by atoms with Gasteiger partial charge in [-0.15, -0.1) is 0 Å². The molecule has 0 aromatic heterocycles. The molecule has 0 spiro atoms. The summed E-state index contributed by atoms with van der Waals surface area (Å²) in [6.45, 7) is 8.39. The Morgan fingerprint density at radius 3 is 2.17 bits per heavy atom. The summed E-state index contributed by atoms with van der Waals surface area (Å²) < 4.78 is 14.0. The average molecular weight is 176 g/mol. The van der Waals surface area contributed by atoms with Crippen molar-refractivity contribution in [2.24, 2.45) is 11.7 Å². The standard InChI is InChI=1S/C9H21FN2/c1-5-12-8(4)9(10,6-11)7(2)3/h7-8,12H,5-6,11H2,1-4H3. The van der Waals surface area contributed by atoms with Crippen LogP contribution in [0.1, 0.15) is 27.7 Å². The SMILES string of the molecule is CCNC(C)C(F)(CN)C(C)C. The smallest absolute Gasteiger partial charge is 0.140 e. The third kappa shape index (κ3) is 2.42. The van der Waals surface area contributed by atoms with Gasteiger partial charge >= 0.3 is 0 Å². The van der Waals surface area contributed by atoms with Gasteiger partial charge in [0.25, 0.3) is 0 Å². The van der Waals surface area contributed by atoms with Gasteiger partial charge in [0.1, 0.15) is 5.67 Å². The quantitative estimate of drug-likeness (QED) is 0.663. The van der Waals surface area contributed by atoms with Gasteiger partial charge in [-0.25, -0.2) is 4.39 Å². The third-order valence-corrected chi connectivity index (χ3v) is 2.50. The number of halogens is 1. The summed E-state index contributed by atoms with van der Waals surface area (Å²) in [4.78, 5) is 0. The zero-order chi connectivity index (χ0) is 9.78. The van der Waals surface area contributed by atoms with E-state index in [9.17, 15) is 4.39 Å². The molecular weight excluding hydrogens is 155 g/mol. The molecule has 2 nitrogen and oxygen atoms in total. The van der Waals surface area contributed by atoms with Gasteiger partial charge in [0, 0.05) is 12.6 Å². The molecule has 0 aromatic rings. The molecule has 3 N–H and O–H groups in total. The van der Waals surface area contributed by atoms with E-state index in [1.165, 1.54) is 0 Å². The Balaban J connectivity index is 4.29. The van der Waals surface area contributed by atoms with Crippen LogP contribution < -0.4 is 11.1 Å². The van der Waals surface area contributed by atoms with Crippen LogP contribution in [-0.2, 0) is 0 Å². The predicted molar refractivity (Wildman–Crippen MR) is 50.9 cm³/mol. The van der Waals surface area contributed by atoms with Crippen molar-refractivity contribution >= 4 is 0 Å². The van der Waals surface area contributed by atoms with E-state index < -0.39 is 5.67 Å². The Kier molecular flexibility index (Phi) is 4.71. The van der Waals surface area contributed by atoms with Crippen LogP contribution in [0.15, 0.2) is 0 Å². The van der Waals surface area contributed by atoms with Crippen molar-refractivity contribution in [3.05, 3.63) is 0 Å². The Morgan fingerprint density at radius 1 is 1.42 bits per heavy atom. The highest BCUT2D eigenvalue weighted by Crippen LogP contribution is 2.24. The molecule has 2 atom stereocenters. The van der Waals surface area contributed by atoms with E-state index >= 15 is 0 Å². The van der Waals surface area contributed by atoms with E-state index in [1.54, 1.807) is 0 Å². The van der Waals surface area contributed by atoms with Crippen LogP contribution in [0, 0.1) is 5.92 Å². The van der Waals surface area contributed by atoms with Gasteiger partial charge in [0.2, 0.25) is 0 Å². The molecule has 0 aromatic carbocycles.